The molecule has 0 unspecified atom stereocenters. The minimum Gasteiger partial charge on any atom is -0.338 e. The molecule has 0 spiro atoms. The average Bonchev–Trinajstić information content (AvgIpc) is 3.23. The number of fused-ring (bicyclic) bond motifs is 1. The van der Waals surface area contributed by atoms with Crippen molar-refractivity contribution in [2.24, 2.45) is 11.8 Å². The molecule has 2 fully saturated rings. The SMILES string of the molecule is O=C(c1ccc(-n2cccn2)cc1)N1C[C@H]2CNC[C@H]2C1. The fraction of sp³-hybridized carbons (Fsp3) is 0.375. The summed E-state index contributed by atoms with van der Waals surface area (Å²) in [4.78, 5) is 14.6. The molecule has 0 radical (unpaired) electrons. The average molecular weight is 282 g/mol. The van der Waals surface area contributed by atoms with E-state index in [0.717, 1.165) is 37.4 Å². The fourth-order valence-electron chi connectivity index (χ4n) is 3.38. The van der Waals surface area contributed by atoms with E-state index in [1.54, 1.807) is 10.9 Å². The molecule has 0 saturated carbocycles. The van der Waals surface area contributed by atoms with Crippen molar-refractivity contribution in [3.8, 4) is 5.69 Å². The molecule has 2 atom stereocenters. The van der Waals surface area contributed by atoms with Gasteiger partial charge < -0.3 is 10.2 Å². The lowest BCUT2D eigenvalue weighted by molar-refractivity contribution is 0.0781. The smallest absolute Gasteiger partial charge is 0.253 e. The predicted octanol–water partition coefficient (Wildman–Crippen LogP) is 1.16. The second-order valence-electron chi connectivity index (χ2n) is 5.89. The Morgan fingerprint density at radius 2 is 1.86 bits per heavy atom. The van der Waals surface area contributed by atoms with Crippen LogP contribution in [-0.4, -0.2) is 46.8 Å². The van der Waals surface area contributed by atoms with Crippen LogP contribution in [0.4, 0.5) is 0 Å². The molecule has 2 aliphatic heterocycles. The predicted molar refractivity (Wildman–Crippen MR) is 79.3 cm³/mol. The fourth-order valence-corrected chi connectivity index (χ4v) is 3.38. The molecule has 5 nitrogen and oxygen atoms in total. The van der Waals surface area contributed by atoms with E-state index in [1.165, 1.54) is 0 Å². The summed E-state index contributed by atoms with van der Waals surface area (Å²) >= 11 is 0. The monoisotopic (exact) mass is 282 g/mol. The second-order valence-corrected chi connectivity index (χ2v) is 5.89. The summed E-state index contributed by atoms with van der Waals surface area (Å²) < 4.78 is 1.79. The lowest BCUT2D eigenvalue weighted by Gasteiger charge is -2.17. The molecule has 0 aliphatic carbocycles. The number of aromatic nitrogens is 2. The van der Waals surface area contributed by atoms with Gasteiger partial charge in [0.1, 0.15) is 0 Å². The number of rotatable bonds is 2. The van der Waals surface area contributed by atoms with Crippen LogP contribution in [-0.2, 0) is 0 Å². The highest BCUT2D eigenvalue weighted by molar-refractivity contribution is 5.94. The van der Waals surface area contributed by atoms with Crippen molar-refractivity contribution in [3.05, 3.63) is 48.3 Å². The summed E-state index contributed by atoms with van der Waals surface area (Å²) in [7, 11) is 0. The van der Waals surface area contributed by atoms with Gasteiger partial charge in [0, 0.05) is 44.1 Å². The van der Waals surface area contributed by atoms with Gasteiger partial charge in [-0.3, -0.25) is 4.79 Å². The third kappa shape index (κ3) is 2.23. The first-order chi connectivity index (χ1) is 10.3. The lowest BCUT2D eigenvalue weighted by atomic mass is 10.0. The van der Waals surface area contributed by atoms with Crippen LogP contribution in [0.25, 0.3) is 5.69 Å². The van der Waals surface area contributed by atoms with Crippen molar-refractivity contribution in [3.63, 3.8) is 0 Å². The van der Waals surface area contributed by atoms with E-state index in [0.29, 0.717) is 11.8 Å². The van der Waals surface area contributed by atoms with Gasteiger partial charge in [-0.2, -0.15) is 5.10 Å². The van der Waals surface area contributed by atoms with Crippen molar-refractivity contribution < 1.29 is 4.79 Å². The maximum absolute atomic E-state index is 12.6. The van der Waals surface area contributed by atoms with Crippen molar-refractivity contribution in [2.45, 2.75) is 0 Å². The Hall–Kier alpha value is -2.14. The number of nitrogens with one attached hydrogen (secondary N) is 1. The van der Waals surface area contributed by atoms with Gasteiger partial charge in [0.15, 0.2) is 0 Å². The van der Waals surface area contributed by atoms with E-state index in [1.807, 2.05) is 41.4 Å². The zero-order chi connectivity index (χ0) is 14.2. The van der Waals surface area contributed by atoms with Crippen LogP contribution in [0.1, 0.15) is 10.4 Å². The molecule has 3 heterocycles. The number of nitrogens with zero attached hydrogens (tertiary/aromatic N) is 3. The number of carbonyl (C=O) groups is 1. The zero-order valence-electron chi connectivity index (χ0n) is 11.8. The van der Waals surface area contributed by atoms with Crippen LogP contribution in [0.5, 0.6) is 0 Å². The lowest BCUT2D eigenvalue weighted by Crippen LogP contribution is -2.31. The second kappa shape index (κ2) is 5.00. The van der Waals surface area contributed by atoms with E-state index in [4.69, 9.17) is 0 Å². The molecule has 1 aromatic carbocycles. The number of hydrogen-bond acceptors (Lipinski definition) is 3. The van der Waals surface area contributed by atoms with Crippen LogP contribution in [0.2, 0.25) is 0 Å². The molecule has 2 aromatic rings. The zero-order valence-corrected chi connectivity index (χ0v) is 11.8. The first kappa shape index (κ1) is 12.6. The van der Waals surface area contributed by atoms with Crippen molar-refractivity contribution in [2.75, 3.05) is 26.2 Å². The number of hydrogen-bond donors (Lipinski definition) is 1. The highest BCUT2D eigenvalue weighted by Crippen LogP contribution is 2.27. The molecule has 1 N–H and O–H groups in total. The molecular weight excluding hydrogens is 264 g/mol. The topological polar surface area (TPSA) is 50.2 Å². The first-order valence-corrected chi connectivity index (χ1v) is 7.41. The van der Waals surface area contributed by atoms with Crippen molar-refractivity contribution in [1.82, 2.24) is 20.0 Å². The van der Waals surface area contributed by atoms with Gasteiger partial charge >= 0.3 is 0 Å². The van der Waals surface area contributed by atoms with Crippen LogP contribution >= 0.6 is 0 Å². The summed E-state index contributed by atoms with van der Waals surface area (Å²) in [5.41, 5.74) is 1.73. The molecule has 5 heteroatoms. The maximum atomic E-state index is 12.6. The third-order valence-corrected chi connectivity index (χ3v) is 4.56. The number of amides is 1. The molecule has 1 amide bonds. The number of likely N-dealkylation sites (tertiary alicyclic amines) is 1. The Balaban J connectivity index is 1.50. The summed E-state index contributed by atoms with van der Waals surface area (Å²) in [6.07, 6.45) is 3.64. The largest absolute Gasteiger partial charge is 0.338 e. The Morgan fingerprint density at radius 1 is 1.14 bits per heavy atom. The molecule has 4 rings (SSSR count). The quantitative estimate of drug-likeness (QED) is 0.899. The molecule has 2 saturated heterocycles. The standard InChI is InChI=1S/C16H18N4O/c21-16(19-10-13-8-17-9-14(13)11-19)12-2-4-15(5-3-12)20-7-1-6-18-20/h1-7,13-14,17H,8-11H2/t13-,14+. The molecular formula is C16H18N4O. The molecule has 21 heavy (non-hydrogen) atoms. The van der Waals surface area contributed by atoms with Gasteiger partial charge in [0.25, 0.3) is 5.91 Å². The normalized spacial score (nSPS) is 24.3. The number of benzene rings is 1. The Kier molecular flexibility index (Phi) is 3.00. The van der Waals surface area contributed by atoms with Gasteiger partial charge in [0.2, 0.25) is 0 Å². The van der Waals surface area contributed by atoms with Gasteiger partial charge in [0.05, 0.1) is 5.69 Å². The minimum absolute atomic E-state index is 0.149. The summed E-state index contributed by atoms with van der Waals surface area (Å²) in [5.74, 6) is 1.42. The Morgan fingerprint density at radius 3 is 2.48 bits per heavy atom. The van der Waals surface area contributed by atoms with Crippen LogP contribution < -0.4 is 5.32 Å². The van der Waals surface area contributed by atoms with Gasteiger partial charge in [-0.05, 0) is 42.2 Å². The van der Waals surface area contributed by atoms with Gasteiger partial charge in [-0.15, -0.1) is 0 Å². The summed E-state index contributed by atoms with van der Waals surface area (Å²) in [6, 6.07) is 9.56. The summed E-state index contributed by atoms with van der Waals surface area (Å²) in [5, 5.41) is 7.59. The molecule has 108 valence electrons. The van der Waals surface area contributed by atoms with E-state index >= 15 is 0 Å². The molecule has 2 aliphatic rings. The van der Waals surface area contributed by atoms with Crippen molar-refractivity contribution in [1.29, 1.82) is 0 Å². The van der Waals surface area contributed by atoms with E-state index in [9.17, 15) is 4.79 Å². The highest BCUT2D eigenvalue weighted by Gasteiger charge is 2.38. The molecule has 0 bridgehead atoms. The summed E-state index contributed by atoms with van der Waals surface area (Å²) in [6.45, 7) is 3.87. The van der Waals surface area contributed by atoms with Gasteiger partial charge in [-0.25, -0.2) is 4.68 Å². The minimum atomic E-state index is 0.149. The van der Waals surface area contributed by atoms with Crippen LogP contribution in [0.15, 0.2) is 42.7 Å². The van der Waals surface area contributed by atoms with E-state index < -0.39 is 0 Å². The van der Waals surface area contributed by atoms with Crippen LogP contribution in [0, 0.1) is 11.8 Å². The van der Waals surface area contributed by atoms with Crippen molar-refractivity contribution >= 4 is 5.91 Å². The van der Waals surface area contributed by atoms with Gasteiger partial charge in [-0.1, -0.05) is 0 Å². The maximum Gasteiger partial charge on any atom is 0.253 e. The Labute approximate surface area is 123 Å². The van der Waals surface area contributed by atoms with E-state index in [2.05, 4.69) is 10.4 Å². The molecule has 1 aromatic heterocycles. The first-order valence-electron chi connectivity index (χ1n) is 7.41. The van der Waals surface area contributed by atoms with E-state index in [-0.39, 0.29) is 5.91 Å². The third-order valence-electron chi connectivity index (χ3n) is 4.56. The van der Waals surface area contributed by atoms with Crippen LogP contribution in [0.3, 0.4) is 0 Å². The number of carbonyl (C=O) groups excluding carboxylic acids is 1. The highest BCUT2D eigenvalue weighted by atomic mass is 16.2. The Bertz CT molecular complexity index is 623.